The predicted octanol–water partition coefficient (Wildman–Crippen LogP) is 4.11. The number of benzene rings is 1. The van der Waals surface area contributed by atoms with Crippen molar-refractivity contribution in [2.24, 2.45) is 5.92 Å². The van der Waals surface area contributed by atoms with Gasteiger partial charge in [-0.05, 0) is 34.4 Å². The summed E-state index contributed by atoms with van der Waals surface area (Å²) in [4.78, 5) is 9.53. The summed E-state index contributed by atoms with van der Waals surface area (Å²) < 4.78 is 2.06. The summed E-state index contributed by atoms with van der Waals surface area (Å²) in [6.45, 7) is 7.48. The summed E-state index contributed by atoms with van der Waals surface area (Å²) in [5.74, 6) is 3.08. The zero-order valence-corrected chi connectivity index (χ0v) is 18.3. The maximum atomic E-state index is 4.81. The number of rotatable bonds is 9. The fraction of sp³-hybridized carbons (Fsp3) is 0.391. The van der Waals surface area contributed by atoms with E-state index >= 15 is 0 Å². The van der Waals surface area contributed by atoms with E-state index in [9.17, 15) is 0 Å². The fourth-order valence-corrected chi connectivity index (χ4v) is 3.56. The number of aromatic nitrogens is 8. The van der Waals surface area contributed by atoms with Gasteiger partial charge in [-0.15, -0.1) is 5.10 Å². The molecule has 3 aromatic heterocycles. The molecule has 0 saturated carbocycles. The highest BCUT2D eigenvalue weighted by Gasteiger charge is 2.14. The number of aryl methyl sites for hydroxylation is 1. The third-order valence-electron chi connectivity index (χ3n) is 5.11. The molecule has 1 N–H and O–H groups in total. The highest BCUT2D eigenvalue weighted by molar-refractivity contribution is 5.79. The van der Waals surface area contributed by atoms with Crippen molar-refractivity contribution >= 4 is 0 Å². The number of aromatic amines is 1. The molecule has 0 spiro atoms. The molecule has 8 nitrogen and oxygen atoms in total. The number of unbranched alkanes of at least 4 members (excludes halogenated alkanes) is 1. The summed E-state index contributed by atoms with van der Waals surface area (Å²) in [7, 11) is 0. The first-order valence-corrected chi connectivity index (χ1v) is 10.8. The van der Waals surface area contributed by atoms with Crippen molar-refractivity contribution in [2.75, 3.05) is 0 Å². The van der Waals surface area contributed by atoms with Gasteiger partial charge in [-0.3, -0.25) is 4.98 Å². The van der Waals surface area contributed by atoms with Gasteiger partial charge in [0.05, 0.1) is 0 Å². The summed E-state index contributed by atoms with van der Waals surface area (Å²) in [5, 5.41) is 19.0. The van der Waals surface area contributed by atoms with E-state index < -0.39 is 0 Å². The van der Waals surface area contributed by atoms with Crippen molar-refractivity contribution in [3.63, 3.8) is 0 Å². The molecule has 1 aromatic carbocycles. The third-order valence-corrected chi connectivity index (χ3v) is 5.11. The molecule has 0 amide bonds. The molecule has 0 saturated heterocycles. The number of tetrazole rings is 1. The maximum absolute atomic E-state index is 4.81. The summed E-state index contributed by atoms with van der Waals surface area (Å²) in [5.41, 5.74) is 3.97. The zero-order chi connectivity index (χ0) is 21.6. The number of nitrogens with one attached hydrogen (secondary N) is 1. The highest BCUT2D eigenvalue weighted by atomic mass is 15.5. The molecule has 0 fully saturated rings. The topological polar surface area (TPSA) is 98.1 Å². The van der Waals surface area contributed by atoms with E-state index in [1.165, 1.54) is 0 Å². The van der Waals surface area contributed by atoms with Crippen LogP contribution in [-0.2, 0) is 19.4 Å². The van der Waals surface area contributed by atoms with E-state index in [1.54, 1.807) is 0 Å². The monoisotopic (exact) mass is 416 g/mol. The Kier molecular flexibility index (Phi) is 6.45. The van der Waals surface area contributed by atoms with Crippen molar-refractivity contribution in [1.82, 2.24) is 40.4 Å². The first kappa shape index (κ1) is 20.8. The number of nitrogens with zero attached hydrogens (tertiary/aromatic N) is 7. The Morgan fingerprint density at radius 2 is 1.90 bits per heavy atom. The van der Waals surface area contributed by atoms with Gasteiger partial charge >= 0.3 is 0 Å². The van der Waals surface area contributed by atoms with Gasteiger partial charge in [-0.1, -0.05) is 57.5 Å². The SMILES string of the molecule is CCCCn1nc(CC(C)C)nc1Cc1ccc(-c2ccccc2-c2nnn[nH]2)cn1. The largest absolute Gasteiger partial charge is 0.260 e. The lowest BCUT2D eigenvalue weighted by Crippen LogP contribution is -2.07. The number of pyridine rings is 1. The predicted molar refractivity (Wildman–Crippen MR) is 119 cm³/mol. The Balaban J connectivity index is 1.57. The molecule has 0 aliphatic heterocycles. The molecule has 8 heteroatoms. The first-order chi connectivity index (χ1) is 15.1. The van der Waals surface area contributed by atoms with Crippen LogP contribution in [0.15, 0.2) is 42.6 Å². The van der Waals surface area contributed by atoms with Gasteiger partial charge in [0.15, 0.2) is 11.6 Å². The lowest BCUT2D eigenvalue weighted by Gasteiger charge is -2.08. The molecular weight excluding hydrogens is 388 g/mol. The highest BCUT2D eigenvalue weighted by Crippen LogP contribution is 2.29. The summed E-state index contributed by atoms with van der Waals surface area (Å²) >= 11 is 0. The summed E-state index contributed by atoms with van der Waals surface area (Å²) in [6, 6.07) is 12.2. The standard InChI is InChI=1S/C23H28N8/c1-4-5-12-31-22(25-21(28-31)13-16(2)3)14-18-11-10-17(15-24-18)19-8-6-7-9-20(19)23-26-29-30-27-23/h6-11,15-16H,4-5,12-14H2,1-3H3,(H,26,27,29,30). The Morgan fingerprint density at radius 3 is 2.58 bits per heavy atom. The molecule has 160 valence electrons. The van der Waals surface area contributed by atoms with E-state index in [4.69, 9.17) is 15.1 Å². The normalized spacial score (nSPS) is 11.4. The second kappa shape index (κ2) is 9.59. The zero-order valence-electron chi connectivity index (χ0n) is 18.3. The van der Waals surface area contributed by atoms with Crippen LogP contribution >= 0.6 is 0 Å². The molecular formula is C23H28N8. The molecule has 0 radical (unpaired) electrons. The summed E-state index contributed by atoms with van der Waals surface area (Å²) in [6.07, 6.45) is 5.69. The van der Waals surface area contributed by atoms with Crippen LogP contribution in [-0.4, -0.2) is 40.4 Å². The van der Waals surface area contributed by atoms with Gasteiger partial charge in [0.2, 0.25) is 0 Å². The fourth-order valence-electron chi connectivity index (χ4n) is 3.56. The van der Waals surface area contributed by atoms with E-state index in [0.29, 0.717) is 18.2 Å². The van der Waals surface area contributed by atoms with Crippen molar-refractivity contribution in [3.8, 4) is 22.5 Å². The van der Waals surface area contributed by atoms with Crippen LogP contribution in [0.5, 0.6) is 0 Å². The molecule has 31 heavy (non-hydrogen) atoms. The minimum absolute atomic E-state index is 0.534. The Bertz CT molecular complexity index is 1100. The van der Waals surface area contributed by atoms with Gasteiger partial charge in [-0.2, -0.15) is 5.10 Å². The molecule has 3 heterocycles. The number of hydrogen-bond donors (Lipinski definition) is 1. The minimum Gasteiger partial charge on any atom is -0.260 e. The van der Waals surface area contributed by atoms with Crippen molar-refractivity contribution in [1.29, 1.82) is 0 Å². The van der Waals surface area contributed by atoms with E-state index in [-0.39, 0.29) is 0 Å². The quantitative estimate of drug-likeness (QED) is 0.441. The van der Waals surface area contributed by atoms with Crippen LogP contribution in [0.25, 0.3) is 22.5 Å². The lowest BCUT2D eigenvalue weighted by atomic mass is 10.0. The third kappa shape index (κ3) is 5.02. The first-order valence-electron chi connectivity index (χ1n) is 10.8. The number of hydrogen-bond acceptors (Lipinski definition) is 6. The average Bonchev–Trinajstić information content (AvgIpc) is 3.43. The number of H-pyrrole nitrogens is 1. The molecule has 0 unspecified atom stereocenters. The average molecular weight is 417 g/mol. The molecule has 0 aliphatic rings. The molecule has 0 bridgehead atoms. The van der Waals surface area contributed by atoms with Crippen LogP contribution < -0.4 is 0 Å². The second-order valence-corrected chi connectivity index (χ2v) is 8.13. The van der Waals surface area contributed by atoms with E-state index in [2.05, 4.69) is 58.2 Å². The van der Waals surface area contributed by atoms with Crippen molar-refractivity contribution in [3.05, 3.63) is 59.9 Å². The van der Waals surface area contributed by atoms with Gasteiger partial charge in [0, 0.05) is 42.4 Å². The minimum atomic E-state index is 0.534. The molecule has 0 atom stereocenters. The Hall–Kier alpha value is -3.42. The van der Waals surface area contributed by atoms with E-state index in [0.717, 1.165) is 59.8 Å². The Morgan fingerprint density at radius 1 is 1.06 bits per heavy atom. The van der Waals surface area contributed by atoms with Crippen LogP contribution in [0, 0.1) is 5.92 Å². The van der Waals surface area contributed by atoms with Crippen LogP contribution in [0.2, 0.25) is 0 Å². The molecule has 4 aromatic rings. The maximum Gasteiger partial charge on any atom is 0.180 e. The molecule has 4 rings (SSSR count). The smallest absolute Gasteiger partial charge is 0.180 e. The van der Waals surface area contributed by atoms with Gasteiger partial charge in [0.25, 0.3) is 0 Å². The van der Waals surface area contributed by atoms with Gasteiger partial charge in [-0.25, -0.2) is 14.8 Å². The second-order valence-electron chi connectivity index (χ2n) is 8.13. The van der Waals surface area contributed by atoms with Crippen LogP contribution in [0.1, 0.15) is 51.0 Å². The van der Waals surface area contributed by atoms with Crippen LogP contribution in [0.3, 0.4) is 0 Å². The lowest BCUT2D eigenvalue weighted by molar-refractivity contribution is 0.538. The van der Waals surface area contributed by atoms with Gasteiger partial charge in [0.1, 0.15) is 5.82 Å². The Labute approximate surface area is 182 Å². The van der Waals surface area contributed by atoms with Crippen LogP contribution in [0.4, 0.5) is 0 Å². The van der Waals surface area contributed by atoms with E-state index in [1.807, 2.05) is 30.5 Å². The molecule has 0 aliphatic carbocycles. The van der Waals surface area contributed by atoms with Crippen molar-refractivity contribution in [2.45, 2.75) is 53.0 Å². The van der Waals surface area contributed by atoms with Crippen molar-refractivity contribution < 1.29 is 0 Å². The van der Waals surface area contributed by atoms with Gasteiger partial charge < -0.3 is 0 Å².